The highest BCUT2D eigenvalue weighted by Gasteiger charge is 2.12. The second-order valence-corrected chi connectivity index (χ2v) is 7.56. The highest BCUT2D eigenvalue weighted by Crippen LogP contribution is 2.28. The SMILES string of the molecule is COc1ccc(C(=O)NC(=S)Nc2cc(-c3nc4cc(C)ccc4o3)ccc2C)cc1. The van der Waals surface area contributed by atoms with Gasteiger partial charge in [-0.1, -0.05) is 12.1 Å². The quantitative estimate of drug-likeness (QED) is 0.430. The van der Waals surface area contributed by atoms with E-state index in [9.17, 15) is 4.79 Å². The lowest BCUT2D eigenvalue weighted by molar-refractivity contribution is 0.0977. The average Bonchev–Trinajstić information content (AvgIpc) is 3.18. The van der Waals surface area contributed by atoms with Gasteiger partial charge in [-0.2, -0.15) is 0 Å². The van der Waals surface area contributed by atoms with E-state index in [1.807, 2.05) is 50.2 Å². The predicted molar refractivity (Wildman–Crippen MR) is 126 cm³/mol. The highest BCUT2D eigenvalue weighted by molar-refractivity contribution is 7.80. The number of thiocarbonyl (C=S) groups is 1. The van der Waals surface area contributed by atoms with Crippen molar-refractivity contribution in [3.8, 4) is 17.2 Å². The summed E-state index contributed by atoms with van der Waals surface area (Å²) in [5.74, 6) is 0.902. The normalized spacial score (nSPS) is 10.7. The van der Waals surface area contributed by atoms with E-state index >= 15 is 0 Å². The van der Waals surface area contributed by atoms with E-state index in [0.29, 0.717) is 17.2 Å². The van der Waals surface area contributed by atoms with Gasteiger partial charge in [0, 0.05) is 16.8 Å². The summed E-state index contributed by atoms with van der Waals surface area (Å²) in [4.78, 5) is 17.0. The van der Waals surface area contributed by atoms with Gasteiger partial charge in [0.25, 0.3) is 5.91 Å². The molecular formula is C24H21N3O3S. The smallest absolute Gasteiger partial charge is 0.257 e. The van der Waals surface area contributed by atoms with Gasteiger partial charge in [0.05, 0.1) is 7.11 Å². The molecule has 1 amide bonds. The van der Waals surface area contributed by atoms with Crippen LogP contribution in [-0.4, -0.2) is 23.1 Å². The molecule has 0 aliphatic rings. The third kappa shape index (κ3) is 4.57. The maximum atomic E-state index is 12.4. The summed E-state index contributed by atoms with van der Waals surface area (Å²) >= 11 is 5.34. The first-order valence-electron chi connectivity index (χ1n) is 9.67. The maximum Gasteiger partial charge on any atom is 0.257 e. The molecule has 7 heteroatoms. The van der Waals surface area contributed by atoms with E-state index in [4.69, 9.17) is 21.4 Å². The lowest BCUT2D eigenvalue weighted by atomic mass is 10.1. The van der Waals surface area contributed by atoms with E-state index < -0.39 is 0 Å². The van der Waals surface area contributed by atoms with Crippen molar-refractivity contribution < 1.29 is 13.9 Å². The van der Waals surface area contributed by atoms with E-state index in [0.717, 1.165) is 33.5 Å². The zero-order chi connectivity index (χ0) is 22.0. The Hall–Kier alpha value is -3.71. The third-order valence-electron chi connectivity index (χ3n) is 4.86. The largest absolute Gasteiger partial charge is 0.497 e. The number of hydrogen-bond donors (Lipinski definition) is 2. The molecule has 156 valence electrons. The number of methoxy groups -OCH3 is 1. The Bertz CT molecular complexity index is 1280. The molecule has 2 N–H and O–H groups in total. The summed E-state index contributed by atoms with van der Waals surface area (Å²) in [6, 6.07) is 18.5. The van der Waals surface area contributed by atoms with Gasteiger partial charge in [0.15, 0.2) is 10.7 Å². The van der Waals surface area contributed by atoms with Crippen molar-refractivity contribution in [2.75, 3.05) is 12.4 Å². The van der Waals surface area contributed by atoms with Crippen molar-refractivity contribution in [2.45, 2.75) is 13.8 Å². The number of benzene rings is 3. The second-order valence-electron chi connectivity index (χ2n) is 7.16. The predicted octanol–water partition coefficient (Wildman–Crippen LogP) is 5.25. The molecular weight excluding hydrogens is 410 g/mol. The lowest BCUT2D eigenvalue weighted by Crippen LogP contribution is -2.34. The van der Waals surface area contributed by atoms with Crippen LogP contribution < -0.4 is 15.4 Å². The number of rotatable bonds is 4. The van der Waals surface area contributed by atoms with Crippen LogP contribution in [0.5, 0.6) is 5.75 Å². The Balaban J connectivity index is 1.51. The monoisotopic (exact) mass is 431 g/mol. The summed E-state index contributed by atoms with van der Waals surface area (Å²) in [5, 5.41) is 5.99. The van der Waals surface area contributed by atoms with Crippen LogP contribution in [0.15, 0.2) is 65.1 Å². The lowest BCUT2D eigenvalue weighted by Gasteiger charge is -2.13. The van der Waals surface area contributed by atoms with Crippen LogP contribution in [0.2, 0.25) is 0 Å². The zero-order valence-electron chi connectivity index (χ0n) is 17.4. The Morgan fingerprint density at radius 2 is 1.81 bits per heavy atom. The van der Waals surface area contributed by atoms with Gasteiger partial charge < -0.3 is 14.5 Å². The fraction of sp³-hybridized carbons (Fsp3) is 0.125. The van der Waals surface area contributed by atoms with Gasteiger partial charge in [-0.3, -0.25) is 10.1 Å². The number of fused-ring (bicyclic) bond motifs is 1. The van der Waals surface area contributed by atoms with Crippen LogP contribution in [0.25, 0.3) is 22.6 Å². The van der Waals surface area contributed by atoms with Crippen molar-refractivity contribution in [1.82, 2.24) is 10.3 Å². The minimum atomic E-state index is -0.303. The van der Waals surface area contributed by atoms with Crippen molar-refractivity contribution in [3.63, 3.8) is 0 Å². The van der Waals surface area contributed by atoms with Crippen molar-refractivity contribution in [1.29, 1.82) is 0 Å². The standard InChI is InChI=1S/C24H21N3O3S/c1-14-4-11-21-20(12-14)25-23(30-21)17-6-5-15(2)19(13-17)26-24(31)27-22(28)16-7-9-18(29-3)10-8-16/h4-13H,1-3H3,(H2,26,27,28,31). The number of nitrogens with zero attached hydrogens (tertiary/aromatic N) is 1. The first kappa shape index (κ1) is 20.6. The summed E-state index contributed by atoms with van der Waals surface area (Å²) in [5.41, 5.74) is 5.69. The molecule has 4 aromatic rings. The number of aryl methyl sites for hydroxylation is 2. The average molecular weight is 432 g/mol. The molecule has 0 aliphatic heterocycles. The van der Waals surface area contributed by atoms with Gasteiger partial charge in [0.1, 0.15) is 11.3 Å². The molecule has 0 aliphatic carbocycles. The fourth-order valence-electron chi connectivity index (χ4n) is 3.12. The molecule has 6 nitrogen and oxygen atoms in total. The molecule has 31 heavy (non-hydrogen) atoms. The minimum Gasteiger partial charge on any atom is -0.497 e. The molecule has 0 saturated carbocycles. The summed E-state index contributed by atoms with van der Waals surface area (Å²) in [6.07, 6.45) is 0. The van der Waals surface area contributed by atoms with Crippen LogP contribution >= 0.6 is 12.2 Å². The van der Waals surface area contributed by atoms with Crippen LogP contribution in [0, 0.1) is 13.8 Å². The highest BCUT2D eigenvalue weighted by atomic mass is 32.1. The van der Waals surface area contributed by atoms with Crippen LogP contribution in [0.3, 0.4) is 0 Å². The van der Waals surface area contributed by atoms with Crippen molar-refractivity contribution >= 4 is 40.0 Å². The third-order valence-corrected chi connectivity index (χ3v) is 5.06. The number of amides is 1. The zero-order valence-corrected chi connectivity index (χ0v) is 18.2. The van der Waals surface area contributed by atoms with Gasteiger partial charge >= 0.3 is 0 Å². The Labute approximate surface area is 185 Å². The van der Waals surface area contributed by atoms with Gasteiger partial charge in [-0.15, -0.1) is 0 Å². The molecule has 0 spiro atoms. The first-order chi connectivity index (χ1) is 14.9. The second kappa shape index (κ2) is 8.57. The number of ether oxygens (including phenoxy) is 1. The fourth-order valence-corrected chi connectivity index (χ4v) is 3.32. The van der Waals surface area contributed by atoms with Crippen LogP contribution in [-0.2, 0) is 0 Å². The number of carbonyl (C=O) groups is 1. The number of oxazole rings is 1. The topological polar surface area (TPSA) is 76.4 Å². The van der Waals surface area contributed by atoms with Crippen LogP contribution in [0.4, 0.5) is 5.69 Å². The molecule has 3 aromatic carbocycles. The van der Waals surface area contributed by atoms with E-state index in [1.165, 1.54) is 0 Å². The molecule has 0 radical (unpaired) electrons. The Morgan fingerprint density at radius 3 is 2.55 bits per heavy atom. The molecule has 1 heterocycles. The molecule has 4 rings (SSSR count). The van der Waals surface area contributed by atoms with Crippen molar-refractivity contribution in [3.05, 3.63) is 77.4 Å². The van der Waals surface area contributed by atoms with Crippen molar-refractivity contribution in [2.24, 2.45) is 0 Å². The van der Waals surface area contributed by atoms with E-state index in [2.05, 4.69) is 15.6 Å². The number of carbonyl (C=O) groups excluding carboxylic acids is 1. The molecule has 0 bridgehead atoms. The van der Waals surface area contributed by atoms with Gasteiger partial charge in [0.2, 0.25) is 5.89 Å². The van der Waals surface area contributed by atoms with Gasteiger partial charge in [-0.05, 0) is 85.7 Å². The number of nitrogens with one attached hydrogen (secondary N) is 2. The van der Waals surface area contributed by atoms with E-state index in [1.54, 1.807) is 31.4 Å². The maximum absolute atomic E-state index is 12.4. The van der Waals surface area contributed by atoms with E-state index in [-0.39, 0.29) is 11.0 Å². The minimum absolute atomic E-state index is 0.203. The van der Waals surface area contributed by atoms with Crippen LogP contribution in [0.1, 0.15) is 21.5 Å². The first-order valence-corrected chi connectivity index (χ1v) is 10.1. The van der Waals surface area contributed by atoms with Gasteiger partial charge in [-0.25, -0.2) is 4.98 Å². The Kier molecular flexibility index (Phi) is 5.68. The summed E-state index contributed by atoms with van der Waals surface area (Å²) < 4.78 is 11.0. The number of aromatic nitrogens is 1. The summed E-state index contributed by atoms with van der Waals surface area (Å²) in [7, 11) is 1.58. The summed E-state index contributed by atoms with van der Waals surface area (Å²) in [6.45, 7) is 3.97. The Morgan fingerprint density at radius 1 is 1.03 bits per heavy atom. The number of anilines is 1. The molecule has 1 aromatic heterocycles. The molecule has 0 atom stereocenters. The number of hydrogen-bond acceptors (Lipinski definition) is 5. The molecule has 0 fully saturated rings. The molecule has 0 saturated heterocycles. The molecule has 0 unspecified atom stereocenters.